The zero-order valence-corrected chi connectivity index (χ0v) is 22.3. The van der Waals surface area contributed by atoms with Crippen LogP contribution >= 0.6 is 0 Å². The number of morpholine rings is 1. The number of hydrogen-bond donors (Lipinski definition) is 2. The number of carbonyl (C=O) groups is 1. The minimum Gasteiger partial charge on any atom is -0.491 e. The molecule has 1 saturated heterocycles. The van der Waals surface area contributed by atoms with Crippen molar-refractivity contribution >= 4 is 28.8 Å². The number of fused-ring (bicyclic) bond motifs is 3. The first-order chi connectivity index (χ1) is 19.1. The molecule has 5 rings (SSSR count). The standard InChI is InChI=1S/C26H34N8O5/c1-3-5-18-20(16-29-24(27)30-18)39-26(35)32-25-31-21-17(23-28-8-10-34(23)25)6-7-19(22(21)36-2)38-13-4-9-33-11-14-37-15-12-33/h6-7,16,28H,3-5,8-15H2,1-2H3,(H2,27,29,30). The van der Waals surface area contributed by atoms with Crippen LogP contribution in [0, 0.1) is 0 Å². The number of benzene rings is 1. The number of amides is 1. The van der Waals surface area contributed by atoms with Crippen molar-refractivity contribution < 1.29 is 23.7 Å². The number of nitrogens with one attached hydrogen (secondary N) is 1. The van der Waals surface area contributed by atoms with Crippen LogP contribution in [0.4, 0.5) is 16.6 Å². The number of anilines is 2. The van der Waals surface area contributed by atoms with Crippen molar-refractivity contribution in [2.24, 2.45) is 4.99 Å². The molecule has 3 aromatic rings. The molecule has 0 saturated carbocycles. The van der Waals surface area contributed by atoms with Crippen LogP contribution in [0.15, 0.2) is 23.3 Å². The lowest BCUT2D eigenvalue weighted by atomic mass is 10.2. The Morgan fingerprint density at radius 3 is 2.85 bits per heavy atom. The van der Waals surface area contributed by atoms with Gasteiger partial charge in [0.2, 0.25) is 11.6 Å². The molecule has 2 aromatic heterocycles. The first kappa shape index (κ1) is 26.6. The molecule has 2 aliphatic rings. The monoisotopic (exact) mass is 538 g/mol. The van der Waals surface area contributed by atoms with Crippen LogP contribution in [-0.2, 0) is 17.7 Å². The van der Waals surface area contributed by atoms with Crippen molar-refractivity contribution in [3.63, 3.8) is 0 Å². The predicted molar refractivity (Wildman–Crippen MR) is 144 cm³/mol. The van der Waals surface area contributed by atoms with Gasteiger partial charge in [-0.15, -0.1) is 4.99 Å². The Balaban J connectivity index is 1.41. The first-order valence-electron chi connectivity index (χ1n) is 13.2. The molecule has 0 atom stereocenters. The molecule has 1 aromatic carbocycles. The summed E-state index contributed by atoms with van der Waals surface area (Å²) in [5.74, 6) is 2.21. The number of carbonyl (C=O) groups excluding carboxylic acids is 1. The minimum absolute atomic E-state index is 0.122. The fourth-order valence-corrected chi connectivity index (χ4v) is 4.76. The highest BCUT2D eigenvalue weighted by Gasteiger charge is 2.21. The van der Waals surface area contributed by atoms with Gasteiger partial charge >= 0.3 is 6.09 Å². The molecule has 0 unspecified atom stereocenters. The van der Waals surface area contributed by atoms with Gasteiger partial charge in [-0.1, -0.05) is 13.3 Å². The molecule has 0 aliphatic carbocycles. The van der Waals surface area contributed by atoms with E-state index in [0.29, 0.717) is 48.8 Å². The van der Waals surface area contributed by atoms with Crippen LogP contribution in [0.25, 0.3) is 10.9 Å². The lowest BCUT2D eigenvalue weighted by Gasteiger charge is -2.26. The molecular formula is C26H34N8O5. The highest BCUT2D eigenvalue weighted by Crippen LogP contribution is 2.37. The molecule has 208 valence electrons. The molecule has 39 heavy (non-hydrogen) atoms. The smallest absolute Gasteiger partial charge is 0.442 e. The minimum atomic E-state index is -0.830. The lowest BCUT2D eigenvalue weighted by Crippen LogP contribution is -2.37. The van der Waals surface area contributed by atoms with Crippen LogP contribution < -0.4 is 30.9 Å². The quantitative estimate of drug-likeness (QED) is 0.385. The molecule has 3 N–H and O–H groups in total. The van der Waals surface area contributed by atoms with E-state index in [4.69, 9.17) is 29.7 Å². The van der Waals surface area contributed by atoms with E-state index in [-0.39, 0.29) is 17.3 Å². The van der Waals surface area contributed by atoms with E-state index in [2.05, 4.69) is 25.2 Å². The van der Waals surface area contributed by atoms with Crippen LogP contribution in [0.2, 0.25) is 0 Å². The number of rotatable bonds is 9. The first-order valence-corrected chi connectivity index (χ1v) is 13.2. The summed E-state index contributed by atoms with van der Waals surface area (Å²) in [6.07, 6.45) is 2.82. The Kier molecular flexibility index (Phi) is 8.37. The van der Waals surface area contributed by atoms with Gasteiger partial charge in [-0.05, 0) is 25.0 Å². The molecule has 0 spiro atoms. The van der Waals surface area contributed by atoms with Crippen molar-refractivity contribution in [2.45, 2.75) is 32.7 Å². The number of methoxy groups -OCH3 is 1. The van der Waals surface area contributed by atoms with Crippen molar-refractivity contribution in [2.75, 3.05) is 64.2 Å². The fourth-order valence-electron chi connectivity index (χ4n) is 4.76. The van der Waals surface area contributed by atoms with E-state index in [1.807, 2.05) is 23.6 Å². The predicted octanol–water partition coefficient (Wildman–Crippen LogP) is 2.00. The van der Waals surface area contributed by atoms with Gasteiger partial charge < -0.3 is 30.0 Å². The highest BCUT2D eigenvalue weighted by atomic mass is 16.6. The van der Waals surface area contributed by atoms with Gasteiger partial charge in [0, 0.05) is 38.1 Å². The molecule has 13 heteroatoms. The molecule has 0 radical (unpaired) electrons. The second-order valence-corrected chi connectivity index (χ2v) is 9.26. The number of aromatic nitrogens is 4. The van der Waals surface area contributed by atoms with E-state index >= 15 is 0 Å². The van der Waals surface area contributed by atoms with Crippen molar-refractivity contribution in [1.82, 2.24) is 24.4 Å². The Bertz CT molecular complexity index is 1400. The maximum Gasteiger partial charge on any atom is 0.442 e. The molecule has 13 nitrogen and oxygen atoms in total. The second-order valence-electron chi connectivity index (χ2n) is 9.26. The van der Waals surface area contributed by atoms with Gasteiger partial charge in [0.1, 0.15) is 11.3 Å². The highest BCUT2D eigenvalue weighted by molar-refractivity contribution is 5.95. The third-order valence-corrected chi connectivity index (χ3v) is 6.61. The van der Waals surface area contributed by atoms with Gasteiger partial charge in [-0.3, -0.25) is 9.47 Å². The lowest BCUT2D eigenvalue weighted by molar-refractivity contribution is 0.0357. The van der Waals surface area contributed by atoms with Gasteiger partial charge in [0.25, 0.3) is 0 Å². The normalized spacial score (nSPS) is 15.7. The molecular weight excluding hydrogens is 504 g/mol. The second kappa shape index (κ2) is 12.3. The van der Waals surface area contributed by atoms with E-state index < -0.39 is 6.09 Å². The fraction of sp³-hybridized carbons (Fsp3) is 0.500. The maximum atomic E-state index is 12.9. The number of hydrogen-bond acceptors (Lipinski definition) is 11. The molecule has 2 aliphatic heterocycles. The molecule has 1 amide bonds. The zero-order chi connectivity index (χ0) is 27.2. The number of ether oxygens (including phenoxy) is 4. The Hall–Kier alpha value is -3.97. The summed E-state index contributed by atoms with van der Waals surface area (Å²) >= 11 is 0. The van der Waals surface area contributed by atoms with Gasteiger partial charge in [0.15, 0.2) is 17.2 Å². The Morgan fingerprint density at radius 2 is 2.05 bits per heavy atom. The van der Waals surface area contributed by atoms with Gasteiger partial charge in [0.05, 0.1) is 38.8 Å². The average molecular weight is 539 g/mol. The number of aryl methyl sites for hydroxylation is 1. The topological polar surface area (TPSA) is 151 Å². The third-order valence-electron chi connectivity index (χ3n) is 6.61. The zero-order valence-electron chi connectivity index (χ0n) is 22.3. The maximum absolute atomic E-state index is 12.9. The summed E-state index contributed by atoms with van der Waals surface area (Å²) in [5, 5.41) is 4.20. The summed E-state index contributed by atoms with van der Waals surface area (Å²) in [7, 11) is 1.58. The largest absolute Gasteiger partial charge is 0.491 e. The SMILES string of the molecule is CCCc1nc(N)ncc1OC(=O)N=c1nc2c(OC)c(OCCCN3CCOCC3)ccc2c2n1CCN2. The average Bonchev–Trinajstić information content (AvgIpc) is 3.44. The summed E-state index contributed by atoms with van der Waals surface area (Å²) in [6, 6.07) is 3.83. The van der Waals surface area contributed by atoms with Crippen molar-refractivity contribution in [1.29, 1.82) is 0 Å². The van der Waals surface area contributed by atoms with E-state index in [0.717, 1.165) is 56.9 Å². The van der Waals surface area contributed by atoms with Crippen molar-refractivity contribution in [3.05, 3.63) is 29.6 Å². The molecule has 1 fully saturated rings. The van der Waals surface area contributed by atoms with E-state index in [1.165, 1.54) is 6.20 Å². The van der Waals surface area contributed by atoms with Crippen LogP contribution in [0.5, 0.6) is 17.2 Å². The Labute approximate surface area is 226 Å². The van der Waals surface area contributed by atoms with Gasteiger partial charge in [-0.25, -0.2) is 19.7 Å². The van der Waals surface area contributed by atoms with E-state index in [9.17, 15) is 4.79 Å². The number of nitrogen functional groups attached to an aromatic ring is 1. The van der Waals surface area contributed by atoms with Crippen LogP contribution in [0.3, 0.4) is 0 Å². The number of nitrogens with zero attached hydrogens (tertiary/aromatic N) is 6. The van der Waals surface area contributed by atoms with Crippen molar-refractivity contribution in [3.8, 4) is 17.2 Å². The molecule has 4 heterocycles. The van der Waals surface area contributed by atoms with E-state index in [1.54, 1.807) is 7.11 Å². The van der Waals surface area contributed by atoms with Crippen LogP contribution in [-0.4, -0.2) is 83.6 Å². The summed E-state index contributed by atoms with van der Waals surface area (Å²) in [4.78, 5) is 32.3. The van der Waals surface area contributed by atoms with Gasteiger partial charge in [-0.2, -0.15) is 0 Å². The number of nitrogens with two attached hydrogens (primary N) is 1. The summed E-state index contributed by atoms with van der Waals surface area (Å²) in [5.41, 5.74) is 6.99. The van der Waals surface area contributed by atoms with Crippen LogP contribution in [0.1, 0.15) is 25.5 Å². The Morgan fingerprint density at radius 1 is 1.21 bits per heavy atom. The molecule has 0 bridgehead atoms. The third kappa shape index (κ3) is 6.04. The summed E-state index contributed by atoms with van der Waals surface area (Å²) in [6.45, 7) is 8.17. The summed E-state index contributed by atoms with van der Waals surface area (Å²) < 4.78 is 24.6.